The molecule has 2 fully saturated rings. The summed E-state index contributed by atoms with van der Waals surface area (Å²) in [6.45, 7) is 4.53. The van der Waals surface area contributed by atoms with Crippen LogP contribution in [0.3, 0.4) is 0 Å². The van der Waals surface area contributed by atoms with Crippen LogP contribution in [0.4, 0.5) is 4.79 Å². The first-order valence-electron chi connectivity index (χ1n) is 7.64. The zero-order valence-electron chi connectivity index (χ0n) is 11.9. The maximum absolute atomic E-state index is 12.2. The second kappa shape index (κ2) is 6.27. The van der Waals surface area contributed by atoms with Gasteiger partial charge in [-0.1, -0.05) is 30.3 Å². The van der Waals surface area contributed by atoms with E-state index in [2.05, 4.69) is 10.2 Å². The highest BCUT2D eigenvalue weighted by atomic mass is 16.2. The Labute approximate surface area is 120 Å². The molecule has 0 bridgehead atoms. The molecule has 0 radical (unpaired) electrons. The fraction of sp³-hybridized carbons (Fsp3) is 0.562. The van der Waals surface area contributed by atoms with E-state index in [1.165, 1.54) is 12.8 Å². The first kappa shape index (κ1) is 13.4. The van der Waals surface area contributed by atoms with Crippen LogP contribution in [-0.2, 0) is 6.54 Å². The maximum atomic E-state index is 12.2. The second-order valence-corrected chi connectivity index (χ2v) is 5.75. The van der Waals surface area contributed by atoms with Gasteiger partial charge in [0.25, 0.3) is 0 Å². The van der Waals surface area contributed by atoms with Crippen LogP contribution < -0.4 is 5.32 Å². The van der Waals surface area contributed by atoms with Crippen LogP contribution in [0.25, 0.3) is 0 Å². The van der Waals surface area contributed by atoms with Crippen LogP contribution >= 0.6 is 0 Å². The maximum Gasteiger partial charge on any atom is 0.317 e. The summed E-state index contributed by atoms with van der Waals surface area (Å²) in [6.07, 6.45) is 3.79. The molecule has 20 heavy (non-hydrogen) atoms. The molecular formula is C16H23N3O. The molecule has 0 spiro atoms. The summed E-state index contributed by atoms with van der Waals surface area (Å²) in [6, 6.07) is 11.0. The van der Waals surface area contributed by atoms with Gasteiger partial charge in [-0.15, -0.1) is 0 Å². The number of benzene rings is 1. The van der Waals surface area contributed by atoms with Gasteiger partial charge in [-0.2, -0.15) is 0 Å². The molecule has 4 nitrogen and oxygen atoms in total. The Kier molecular flexibility index (Phi) is 4.21. The quantitative estimate of drug-likeness (QED) is 0.915. The minimum absolute atomic E-state index is 0.0755. The average molecular weight is 273 g/mol. The Morgan fingerprint density at radius 1 is 1.10 bits per heavy atom. The van der Waals surface area contributed by atoms with Crippen molar-refractivity contribution in [3.8, 4) is 0 Å². The number of nitrogens with one attached hydrogen (secondary N) is 1. The zero-order valence-corrected chi connectivity index (χ0v) is 11.9. The van der Waals surface area contributed by atoms with E-state index >= 15 is 0 Å². The number of urea groups is 1. The number of nitrogens with zero attached hydrogens (tertiary/aromatic N) is 2. The van der Waals surface area contributed by atoms with E-state index in [1.807, 2.05) is 35.2 Å². The fourth-order valence-electron chi connectivity index (χ4n) is 2.83. The highest BCUT2D eigenvalue weighted by Crippen LogP contribution is 2.27. The molecule has 2 amide bonds. The van der Waals surface area contributed by atoms with Crippen molar-refractivity contribution in [3.05, 3.63) is 35.9 Å². The van der Waals surface area contributed by atoms with Gasteiger partial charge in [0.15, 0.2) is 0 Å². The molecular weight excluding hydrogens is 250 g/mol. The van der Waals surface area contributed by atoms with Crippen molar-refractivity contribution in [3.63, 3.8) is 0 Å². The van der Waals surface area contributed by atoms with E-state index in [1.54, 1.807) is 0 Å². The molecule has 1 N–H and O–H groups in total. The lowest BCUT2D eigenvalue weighted by Gasteiger charge is -2.22. The van der Waals surface area contributed by atoms with Gasteiger partial charge < -0.3 is 10.2 Å². The zero-order chi connectivity index (χ0) is 13.8. The van der Waals surface area contributed by atoms with E-state index in [9.17, 15) is 4.79 Å². The number of rotatable bonds is 3. The van der Waals surface area contributed by atoms with Gasteiger partial charge in [-0.3, -0.25) is 4.90 Å². The van der Waals surface area contributed by atoms with E-state index in [-0.39, 0.29) is 6.03 Å². The fourth-order valence-corrected chi connectivity index (χ4v) is 2.83. The van der Waals surface area contributed by atoms with Crippen molar-refractivity contribution in [2.24, 2.45) is 0 Å². The second-order valence-electron chi connectivity index (χ2n) is 5.75. The molecule has 0 aromatic heterocycles. The standard InChI is InChI=1S/C16H23N3O/c20-16(17-13-14-5-2-1-3-6-14)19-10-4-9-18(11-12-19)15-7-8-15/h1-3,5-6,15H,4,7-13H2,(H,17,20). The van der Waals surface area contributed by atoms with Crippen molar-refractivity contribution < 1.29 is 4.79 Å². The molecule has 0 atom stereocenters. The molecule has 0 unspecified atom stereocenters. The van der Waals surface area contributed by atoms with Crippen molar-refractivity contribution in [2.45, 2.75) is 31.8 Å². The Morgan fingerprint density at radius 3 is 2.65 bits per heavy atom. The summed E-state index contributed by atoms with van der Waals surface area (Å²) in [7, 11) is 0. The molecule has 1 aliphatic carbocycles. The van der Waals surface area contributed by atoms with Gasteiger partial charge >= 0.3 is 6.03 Å². The number of hydrogen-bond donors (Lipinski definition) is 1. The summed E-state index contributed by atoms with van der Waals surface area (Å²) in [5.41, 5.74) is 1.15. The third kappa shape index (κ3) is 3.51. The van der Waals surface area contributed by atoms with E-state index in [0.29, 0.717) is 6.54 Å². The monoisotopic (exact) mass is 273 g/mol. The predicted octanol–water partition coefficient (Wildman–Crippen LogP) is 2.07. The molecule has 2 aliphatic rings. The average Bonchev–Trinajstić information content (AvgIpc) is 3.31. The molecule has 1 aromatic rings. The Hall–Kier alpha value is -1.55. The van der Waals surface area contributed by atoms with Gasteiger partial charge in [0.2, 0.25) is 0 Å². The van der Waals surface area contributed by atoms with Gasteiger partial charge in [-0.05, 0) is 24.8 Å². The highest BCUT2D eigenvalue weighted by molar-refractivity contribution is 5.74. The van der Waals surface area contributed by atoms with Crippen LogP contribution in [0.1, 0.15) is 24.8 Å². The molecule has 1 saturated heterocycles. The number of carbonyl (C=O) groups is 1. The molecule has 4 heteroatoms. The van der Waals surface area contributed by atoms with Gasteiger partial charge in [0.05, 0.1) is 0 Å². The van der Waals surface area contributed by atoms with Crippen LogP contribution in [0.15, 0.2) is 30.3 Å². The topological polar surface area (TPSA) is 35.6 Å². The summed E-state index contributed by atoms with van der Waals surface area (Å²) in [5, 5.41) is 3.02. The third-order valence-electron chi connectivity index (χ3n) is 4.17. The minimum atomic E-state index is 0.0755. The van der Waals surface area contributed by atoms with Crippen LogP contribution in [0.2, 0.25) is 0 Å². The van der Waals surface area contributed by atoms with Crippen LogP contribution in [0, 0.1) is 0 Å². The number of carbonyl (C=O) groups excluding carboxylic acids is 1. The lowest BCUT2D eigenvalue weighted by atomic mass is 10.2. The summed E-state index contributed by atoms with van der Waals surface area (Å²) in [5.74, 6) is 0. The molecule has 1 aliphatic heterocycles. The molecule has 108 valence electrons. The Balaban J connectivity index is 1.47. The normalized spacial score (nSPS) is 20.5. The van der Waals surface area contributed by atoms with E-state index in [0.717, 1.165) is 44.2 Å². The largest absolute Gasteiger partial charge is 0.334 e. The van der Waals surface area contributed by atoms with Crippen molar-refractivity contribution in [1.82, 2.24) is 15.1 Å². The van der Waals surface area contributed by atoms with Gasteiger partial charge in [0.1, 0.15) is 0 Å². The summed E-state index contributed by atoms with van der Waals surface area (Å²) < 4.78 is 0. The van der Waals surface area contributed by atoms with Crippen LogP contribution in [0.5, 0.6) is 0 Å². The van der Waals surface area contributed by atoms with Gasteiger partial charge in [-0.25, -0.2) is 4.79 Å². The lowest BCUT2D eigenvalue weighted by Crippen LogP contribution is -2.41. The molecule has 1 aromatic carbocycles. The lowest BCUT2D eigenvalue weighted by molar-refractivity contribution is 0.197. The highest BCUT2D eigenvalue weighted by Gasteiger charge is 2.30. The van der Waals surface area contributed by atoms with Gasteiger partial charge in [0, 0.05) is 38.8 Å². The van der Waals surface area contributed by atoms with Crippen molar-refractivity contribution >= 4 is 6.03 Å². The molecule has 1 saturated carbocycles. The first-order chi connectivity index (χ1) is 9.83. The van der Waals surface area contributed by atoms with E-state index < -0.39 is 0 Å². The Bertz CT molecular complexity index is 444. The third-order valence-corrected chi connectivity index (χ3v) is 4.17. The van der Waals surface area contributed by atoms with Crippen molar-refractivity contribution in [1.29, 1.82) is 0 Å². The minimum Gasteiger partial charge on any atom is -0.334 e. The first-order valence-corrected chi connectivity index (χ1v) is 7.64. The SMILES string of the molecule is O=C(NCc1ccccc1)N1CCCN(C2CC2)CC1. The smallest absolute Gasteiger partial charge is 0.317 e. The van der Waals surface area contributed by atoms with Crippen molar-refractivity contribution in [2.75, 3.05) is 26.2 Å². The number of amides is 2. The molecule has 3 rings (SSSR count). The van der Waals surface area contributed by atoms with E-state index in [4.69, 9.17) is 0 Å². The molecule has 1 heterocycles. The van der Waals surface area contributed by atoms with Crippen LogP contribution in [-0.4, -0.2) is 48.1 Å². The summed E-state index contributed by atoms with van der Waals surface area (Å²) in [4.78, 5) is 16.7. The summed E-state index contributed by atoms with van der Waals surface area (Å²) >= 11 is 0. The Morgan fingerprint density at radius 2 is 1.90 bits per heavy atom. The number of hydrogen-bond acceptors (Lipinski definition) is 2. The predicted molar refractivity (Wildman–Crippen MR) is 79.5 cm³/mol.